The Bertz CT molecular complexity index is 345. The molecule has 1 aromatic heterocycles. The molecule has 3 nitrogen and oxygen atoms in total. The summed E-state index contributed by atoms with van der Waals surface area (Å²) in [5, 5.41) is 2.56. The summed E-state index contributed by atoms with van der Waals surface area (Å²) in [7, 11) is 0. The Morgan fingerprint density at radius 2 is 2.13 bits per heavy atom. The van der Waals surface area contributed by atoms with Gasteiger partial charge < -0.3 is 5.32 Å². The van der Waals surface area contributed by atoms with Gasteiger partial charge in [0.25, 0.3) is 0 Å². The van der Waals surface area contributed by atoms with Gasteiger partial charge in [0, 0.05) is 6.07 Å². The van der Waals surface area contributed by atoms with Crippen LogP contribution in [-0.4, -0.2) is 28.9 Å². The molecule has 0 radical (unpaired) electrons. The number of nitrogens with zero attached hydrogens (tertiary/aromatic N) is 2. The van der Waals surface area contributed by atoms with Crippen molar-refractivity contribution in [2.45, 2.75) is 11.3 Å². The van der Waals surface area contributed by atoms with Gasteiger partial charge in [0.05, 0.1) is 0 Å². The van der Waals surface area contributed by atoms with Crippen LogP contribution < -0.4 is 5.32 Å². The van der Waals surface area contributed by atoms with E-state index in [4.69, 9.17) is 11.6 Å². The van der Waals surface area contributed by atoms with Crippen LogP contribution >= 0.6 is 23.4 Å². The standard InChI is InChI=1S/C7H7ClF3N3S/c1-15-6-13-4(8)2-5(14-6)12-3-7(9,10)11/h2H,3H2,1H3,(H,12,13,14). The molecule has 0 unspecified atom stereocenters. The van der Waals surface area contributed by atoms with E-state index in [9.17, 15) is 13.2 Å². The maximum atomic E-state index is 11.9. The molecule has 8 heteroatoms. The van der Waals surface area contributed by atoms with E-state index in [1.807, 2.05) is 0 Å². The number of rotatable bonds is 3. The van der Waals surface area contributed by atoms with Gasteiger partial charge in [0.2, 0.25) is 0 Å². The Morgan fingerprint density at radius 1 is 1.47 bits per heavy atom. The third-order valence-electron chi connectivity index (χ3n) is 1.33. The number of thioether (sulfide) groups is 1. The van der Waals surface area contributed by atoms with Crippen molar-refractivity contribution in [3.8, 4) is 0 Å². The predicted molar refractivity (Wildman–Crippen MR) is 53.4 cm³/mol. The molecule has 1 heterocycles. The highest BCUT2D eigenvalue weighted by Gasteiger charge is 2.26. The second-order valence-corrected chi connectivity index (χ2v) is 3.69. The van der Waals surface area contributed by atoms with Crippen molar-refractivity contribution in [3.63, 3.8) is 0 Å². The SMILES string of the molecule is CSc1nc(Cl)cc(NCC(F)(F)F)n1. The topological polar surface area (TPSA) is 37.8 Å². The van der Waals surface area contributed by atoms with Gasteiger partial charge in [-0.3, -0.25) is 0 Å². The van der Waals surface area contributed by atoms with Gasteiger partial charge in [-0.1, -0.05) is 23.4 Å². The van der Waals surface area contributed by atoms with Crippen LogP contribution in [0.1, 0.15) is 0 Å². The van der Waals surface area contributed by atoms with Crippen molar-refractivity contribution >= 4 is 29.2 Å². The van der Waals surface area contributed by atoms with Crippen molar-refractivity contribution in [2.75, 3.05) is 18.1 Å². The first-order valence-electron chi connectivity index (χ1n) is 3.80. The summed E-state index contributed by atoms with van der Waals surface area (Å²) in [6.45, 7) is -1.14. The van der Waals surface area contributed by atoms with Gasteiger partial charge in [-0.15, -0.1) is 0 Å². The Hall–Kier alpha value is -0.690. The van der Waals surface area contributed by atoms with E-state index in [0.29, 0.717) is 5.16 Å². The predicted octanol–water partition coefficient (Wildman–Crippen LogP) is 2.83. The highest BCUT2D eigenvalue weighted by Crippen LogP contribution is 2.19. The van der Waals surface area contributed by atoms with E-state index in [-0.39, 0.29) is 11.0 Å². The van der Waals surface area contributed by atoms with Crippen molar-refractivity contribution < 1.29 is 13.2 Å². The first kappa shape index (κ1) is 12.4. The summed E-state index contributed by atoms with van der Waals surface area (Å²) in [6, 6.07) is 1.24. The van der Waals surface area contributed by atoms with Crippen molar-refractivity contribution in [2.24, 2.45) is 0 Å². The van der Waals surface area contributed by atoms with E-state index in [1.54, 1.807) is 6.26 Å². The van der Waals surface area contributed by atoms with Gasteiger partial charge in [-0.05, 0) is 6.26 Å². The minimum atomic E-state index is -4.28. The maximum Gasteiger partial charge on any atom is 0.405 e. The zero-order valence-electron chi connectivity index (χ0n) is 7.60. The van der Waals surface area contributed by atoms with Crippen LogP contribution in [0.25, 0.3) is 0 Å². The van der Waals surface area contributed by atoms with Crippen LogP contribution in [0.15, 0.2) is 11.2 Å². The summed E-state index contributed by atoms with van der Waals surface area (Å²) < 4.78 is 35.6. The van der Waals surface area contributed by atoms with Crippen molar-refractivity contribution in [1.29, 1.82) is 0 Å². The molecular weight excluding hydrogens is 251 g/mol. The molecule has 0 bridgehead atoms. The zero-order valence-corrected chi connectivity index (χ0v) is 9.17. The first-order chi connectivity index (χ1) is 6.90. The average molecular weight is 258 g/mol. The van der Waals surface area contributed by atoms with E-state index >= 15 is 0 Å². The maximum absolute atomic E-state index is 11.9. The molecule has 1 N–H and O–H groups in total. The summed E-state index contributed by atoms with van der Waals surface area (Å²) in [5.74, 6) is 0.0664. The monoisotopic (exact) mass is 257 g/mol. The average Bonchev–Trinajstić information content (AvgIpc) is 2.13. The smallest absolute Gasteiger partial charge is 0.361 e. The van der Waals surface area contributed by atoms with Crippen molar-refractivity contribution in [3.05, 3.63) is 11.2 Å². The summed E-state index contributed by atoms with van der Waals surface area (Å²) >= 11 is 6.80. The van der Waals surface area contributed by atoms with Gasteiger partial charge in [0.1, 0.15) is 17.5 Å². The van der Waals surface area contributed by atoms with E-state index < -0.39 is 12.7 Å². The Balaban J connectivity index is 2.73. The Labute approximate surface area is 93.4 Å². The Kier molecular flexibility index (Phi) is 4.04. The number of nitrogens with one attached hydrogen (secondary N) is 1. The molecule has 0 saturated heterocycles. The number of hydrogen-bond donors (Lipinski definition) is 1. The summed E-state index contributed by atoms with van der Waals surface area (Å²) in [5.41, 5.74) is 0. The van der Waals surface area contributed by atoms with Crippen LogP contribution in [0.4, 0.5) is 19.0 Å². The van der Waals surface area contributed by atoms with Gasteiger partial charge in [-0.2, -0.15) is 13.2 Å². The largest absolute Gasteiger partial charge is 0.405 e. The molecule has 1 rings (SSSR count). The molecule has 0 fully saturated rings. The number of halogens is 4. The summed E-state index contributed by atoms with van der Waals surface area (Å²) in [6.07, 6.45) is -2.57. The highest BCUT2D eigenvalue weighted by atomic mass is 35.5. The molecular formula is C7H7ClF3N3S. The summed E-state index contributed by atoms with van der Waals surface area (Å²) in [4.78, 5) is 7.60. The normalized spacial score (nSPS) is 11.5. The molecule has 0 spiro atoms. The molecule has 0 aliphatic carbocycles. The second-order valence-electron chi connectivity index (χ2n) is 2.53. The molecule has 1 aromatic rings. The van der Waals surface area contributed by atoms with Gasteiger partial charge >= 0.3 is 6.18 Å². The van der Waals surface area contributed by atoms with E-state index in [1.165, 1.54) is 17.8 Å². The van der Waals surface area contributed by atoms with E-state index in [0.717, 1.165) is 0 Å². The van der Waals surface area contributed by atoms with Crippen molar-refractivity contribution in [1.82, 2.24) is 9.97 Å². The van der Waals surface area contributed by atoms with Crippen LogP contribution in [0.5, 0.6) is 0 Å². The molecule has 0 amide bonds. The van der Waals surface area contributed by atoms with Gasteiger partial charge in [-0.25, -0.2) is 9.97 Å². The Morgan fingerprint density at radius 3 is 2.67 bits per heavy atom. The minimum Gasteiger partial charge on any atom is -0.361 e. The minimum absolute atomic E-state index is 0.0664. The van der Waals surface area contributed by atoms with E-state index in [2.05, 4.69) is 15.3 Å². The molecule has 84 valence electrons. The van der Waals surface area contributed by atoms with Crippen LogP contribution in [0, 0.1) is 0 Å². The number of anilines is 1. The quantitative estimate of drug-likeness (QED) is 0.513. The fourth-order valence-corrected chi connectivity index (χ4v) is 1.38. The molecule has 0 aromatic carbocycles. The molecule has 0 saturated carbocycles. The lowest BCUT2D eigenvalue weighted by molar-refractivity contribution is -0.115. The third-order valence-corrected chi connectivity index (χ3v) is 2.07. The first-order valence-corrected chi connectivity index (χ1v) is 5.40. The van der Waals surface area contributed by atoms with Crippen LogP contribution in [0.3, 0.4) is 0 Å². The third kappa shape index (κ3) is 4.57. The van der Waals surface area contributed by atoms with Crippen LogP contribution in [-0.2, 0) is 0 Å². The molecule has 0 atom stereocenters. The number of hydrogen-bond acceptors (Lipinski definition) is 4. The highest BCUT2D eigenvalue weighted by molar-refractivity contribution is 7.98. The second kappa shape index (κ2) is 4.89. The van der Waals surface area contributed by atoms with Gasteiger partial charge in [0.15, 0.2) is 5.16 Å². The zero-order chi connectivity index (χ0) is 11.5. The molecule has 0 aliphatic rings. The fraction of sp³-hybridized carbons (Fsp3) is 0.429. The molecule has 0 aliphatic heterocycles. The van der Waals surface area contributed by atoms with Crippen LogP contribution in [0.2, 0.25) is 5.15 Å². The lowest BCUT2D eigenvalue weighted by Crippen LogP contribution is -2.21. The lowest BCUT2D eigenvalue weighted by Gasteiger charge is -2.09. The number of aromatic nitrogens is 2. The number of alkyl halides is 3. The molecule has 15 heavy (non-hydrogen) atoms. The fourth-order valence-electron chi connectivity index (χ4n) is 0.769. The lowest BCUT2D eigenvalue weighted by atomic mass is 10.5.